The molecule has 4 rings (SSSR count). The number of benzene rings is 3. The van der Waals surface area contributed by atoms with Gasteiger partial charge < -0.3 is 14.4 Å². The summed E-state index contributed by atoms with van der Waals surface area (Å²) in [6.07, 6.45) is -4.78. The highest BCUT2D eigenvalue weighted by atomic mass is 32.2. The molecule has 3 aromatic carbocycles. The minimum atomic E-state index is -4.78. The molecule has 0 atom stereocenters. The lowest BCUT2D eigenvalue weighted by molar-refractivity contribution is -0.274. The number of likely N-dealkylation sites (N-methyl/N-ethyl adjacent to an activating group) is 1. The number of hydrogen-bond acceptors (Lipinski definition) is 5. The highest BCUT2D eigenvalue weighted by Crippen LogP contribution is 2.31. The number of rotatable bonds is 7. The van der Waals surface area contributed by atoms with Crippen LogP contribution in [0.25, 0.3) is 11.1 Å². The second-order valence-electron chi connectivity index (χ2n) is 8.06. The summed E-state index contributed by atoms with van der Waals surface area (Å²) in [7, 11) is -2.24. The van der Waals surface area contributed by atoms with Crippen LogP contribution in [0.2, 0.25) is 0 Å². The van der Waals surface area contributed by atoms with Crippen molar-refractivity contribution in [2.45, 2.75) is 11.3 Å². The fourth-order valence-electron chi connectivity index (χ4n) is 3.76. The summed E-state index contributed by atoms with van der Waals surface area (Å²) in [5.41, 5.74) is 1.48. The lowest BCUT2D eigenvalue weighted by Gasteiger charge is -2.24. The third-order valence-corrected chi connectivity index (χ3v) is 7.54. The number of fused-ring (bicyclic) bond motifs is 1. The molecule has 1 aliphatic heterocycles. The maximum atomic E-state index is 13.3. The Morgan fingerprint density at radius 2 is 1.67 bits per heavy atom. The maximum absolute atomic E-state index is 13.3. The monoisotopic (exact) mass is 520 g/mol. The molecule has 0 bridgehead atoms. The first-order valence-electron chi connectivity index (χ1n) is 11.0. The van der Waals surface area contributed by atoms with Gasteiger partial charge in [0.1, 0.15) is 18.1 Å². The van der Waals surface area contributed by atoms with Gasteiger partial charge in [0, 0.05) is 20.1 Å². The quantitative estimate of drug-likeness (QED) is 0.462. The fraction of sp³-hybridized carbons (Fsp3) is 0.240. The number of ether oxygens (including phenoxy) is 2. The zero-order valence-electron chi connectivity index (χ0n) is 19.2. The van der Waals surface area contributed by atoms with E-state index in [9.17, 15) is 26.4 Å². The summed E-state index contributed by atoms with van der Waals surface area (Å²) in [6, 6.07) is 18.3. The summed E-state index contributed by atoms with van der Waals surface area (Å²) in [5, 5.41) is 0. The van der Waals surface area contributed by atoms with Crippen molar-refractivity contribution < 1.29 is 35.9 Å². The summed E-state index contributed by atoms with van der Waals surface area (Å²) in [5.74, 6) is -0.290. The summed E-state index contributed by atoms with van der Waals surface area (Å²) < 4.78 is 73.6. The van der Waals surface area contributed by atoms with Crippen LogP contribution in [0.3, 0.4) is 0 Å². The van der Waals surface area contributed by atoms with Gasteiger partial charge in [0.2, 0.25) is 10.0 Å². The number of sulfonamides is 1. The molecule has 0 saturated heterocycles. The number of amides is 1. The number of carbonyl (C=O) groups excluding carboxylic acids is 1. The third-order valence-electron chi connectivity index (χ3n) is 5.67. The lowest BCUT2D eigenvalue weighted by Crippen LogP contribution is -2.40. The number of hydrogen-bond donors (Lipinski definition) is 0. The predicted molar refractivity (Wildman–Crippen MR) is 126 cm³/mol. The van der Waals surface area contributed by atoms with E-state index in [2.05, 4.69) is 4.74 Å². The van der Waals surface area contributed by atoms with Crippen LogP contribution in [-0.4, -0.2) is 63.2 Å². The largest absolute Gasteiger partial charge is 0.573 e. The van der Waals surface area contributed by atoms with Gasteiger partial charge in [-0.3, -0.25) is 4.79 Å². The molecule has 0 aromatic heterocycles. The topological polar surface area (TPSA) is 76.2 Å². The first-order valence-corrected chi connectivity index (χ1v) is 12.4. The predicted octanol–water partition coefficient (Wildman–Crippen LogP) is 4.41. The highest BCUT2D eigenvalue weighted by Gasteiger charge is 2.31. The van der Waals surface area contributed by atoms with E-state index in [-0.39, 0.29) is 48.4 Å². The average Bonchev–Trinajstić information content (AvgIpc) is 3.00. The SMILES string of the molecule is CN(CCN1CCOc2ccc(-c3ccc(OC(F)(F)F)cc3)cc2C1=O)S(=O)(=O)c1ccccc1. The Labute approximate surface area is 206 Å². The van der Waals surface area contributed by atoms with Crippen molar-refractivity contribution >= 4 is 15.9 Å². The van der Waals surface area contributed by atoms with Crippen LogP contribution in [0.5, 0.6) is 11.5 Å². The fourth-order valence-corrected chi connectivity index (χ4v) is 4.94. The van der Waals surface area contributed by atoms with Gasteiger partial charge in [-0.2, -0.15) is 4.31 Å². The van der Waals surface area contributed by atoms with Crippen molar-refractivity contribution in [1.29, 1.82) is 0 Å². The van der Waals surface area contributed by atoms with Crippen LogP contribution in [0.4, 0.5) is 13.2 Å². The highest BCUT2D eigenvalue weighted by molar-refractivity contribution is 7.89. The normalized spacial score (nSPS) is 14.2. The van der Waals surface area contributed by atoms with Gasteiger partial charge >= 0.3 is 6.36 Å². The van der Waals surface area contributed by atoms with Gasteiger partial charge in [-0.1, -0.05) is 36.4 Å². The first kappa shape index (κ1) is 25.5. The van der Waals surface area contributed by atoms with Gasteiger partial charge in [0.25, 0.3) is 5.91 Å². The molecule has 36 heavy (non-hydrogen) atoms. The Morgan fingerprint density at radius 1 is 1.00 bits per heavy atom. The molecule has 0 N–H and O–H groups in total. The van der Waals surface area contributed by atoms with E-state index < -0.39 is 16.4 Å². The van der Waals surface area contributed by atoms with E-state index >= 15 is 0 Å². The Hall–Kier alpha value is -3.57. The van der Waals surface area contributed by atoms with E-state index in [0.717, 1.165) is 0 Å². The molecule has 0 spiro atoms. The molecule has 7 nitrogen and oxygen atoms in total. The molecule has 190 valence electrons. The Morgan fingerprint density at radius 3 is 2.33 bits per heavy atom. The van der Waals surface area contributed by atoms with Crippen LogP contribution >= 0.6 is 0 Å². The van der Waals surface area contributed by atoms with Gasteiger partial charge in [-0.05, 0) is 47.5 Å². The van der Waals surface area contributed by atoms with Gasteiger partial charge in [0.15, 0.2) is 0 Å². The average molecular weight is 521 g/mol. The molecule has 1 heterocycles. The number of nitrogens with zero attached hydrogens (tertiary/aromatic N) is 2. The van der Waals surface area contributed by atoms with Crippen molar-refractivity contribution in [1.82, 2.24) is 9.21 Å². The third kappa shape index (κ3) is 5.80. The van der Waals surface area contributed by atoms with E-state index in [1.165, 1.54) is 52.7 Å². The van der Waals surface area contributed by atoms with Crippen molar-refractivity contribution in [3.05, 3.63) is 78.4 Å². The Bertz CT molecular complexity index is 1330. The number of alkyl halides is 3. The minimum absolute atomic E-state index is 0.0820. The minimum Gasteiger partial charge on any atom is -0.491 e. The van der Waals surface area contributed by atoms with Crippen LogP contribution in [0, 0.1) is 0 Å². The molecular weight excluding hydrogens is 497 g/mol. The molecule has 0 aliphatic carbocycles. The van der Waals surface area contributed by atoms with Crippen molar-refractivity contribution in [3.8, 4) is 22.6 Å². The molecule has 0 saturated carbocycles. The summed E-state index contributed by atoms with van der Waals surface area (Å²) in [6.45, 7) is 0.735. The standard InChI is InChI=1S/C25H23F3N2O5S/c1-29(36(32,33)21-5-3-2-4-6-21)13-14-30-15-16-34-23-12-9-19(17-22(23)24(30)31)18-7-10-20(11-8-18)35-25(26,27)28/h2-12,17H,13-16H2,1H3. The van der Waals surface area contributed by atoms with Gasteiger partial charge in [0.05, 0.1) is 17.0 Å². The number of carbonyl (C=O) groups is 1. The van der Waals surface area contributed by atoms with Crippen LogP contribution in [-0.2, 0) is 10.0 Å². The molecule has 0 fully saturated rings. The molecule has 1 amide bonds. The van der Waals surface area contributed by atoms with Crippen LogP contribution in [0.1, 0.15) is 10.4 Å². The molecule has 3 aromatic rings. The van der Waals surface area contributed by atoms with Crippen molar-refractivity contribution in [2.24, 2.45) is 0 Å². The second-order valence-corrected chi connectivity index (χ2v) is 10.1. The zero-order chi connectivity index (χ0) is 25.9. The number of halogens is 3. The maximum Gasteiger partial charge on any atom is 0.573 e. The molecule has 11 heteroatoms. The van der Waals surface area contributed by atoms with Crippen LogP contribution < -0.4 is 9.47 Å². The summed E-state index contributed by atoms with van der Waals surface area (Å²) >= 11 is 0. The van der Waals surface area contributed by atoms with E-state index in [4.69, 9.17) is 4.74 Å². The molecule has 0 unspecified atom stereocenters. The van der Waals surface area contributed by atoms with Crippen molar-refractivity contribution in [2.75, 3.05) is 33.3 Å². The second kappa shape index (κ2) is 10.2. The van der Waals surface area contributed by atoms with Crippen LogP contribution in [0.15, 0.2) is 77.7 Å². The van der Waals surface area contributed by atoms with Gasteiger partial charge in [-0.25, -0.2) is 8.42 Å². The van der Waals surface area contributed by atoms with E-state index in [1.54, 1.807) is 36.4 Å². The Kier molecular flexibility index (Phi) is 7.23. The van der Waals surface area contributed by atoms with E-state index in [0.29, 0.717) is 16.9 Å². The van der Waals surface area contributed by atoms with Gasteiger partial charge in [-0.15, -0.1) is 13.2 Å². The molecule has 0 radical (unpaired) electrons. The summed E-state index contributed by atoms with van der Waals surface area (Å²) in [4.78, 5) is 15.0. The lowest BCUT2D eigenvalue weighted by atomic mass is 10.0. The zero-order valence-corrected chi connectivity index (χ0v) is 20.1. The smallest absolute Gasteiger partial charge is 0.491 e. The molecular formula is C25H23F3N2O5S. The Balaban J connectivity index is 1.50. The van der Waals surface area contributed by atoms with Crippen molar-refractivity contribution in [3.63, 3.8) is 0 Å². The van der Waals surface area contributed by atoms with E-state index in [1.807, 2.05) is 0 Å². The molecule has 1 aliphatic rings. The first-order chi connectivity index (χ1) is 17.0.